The lowest BCUT2D eigenvalue weighted by atomic mass is 10.1. The molecule has 0 fully saturated rings. The molecule has 0 aliphatic carbocycles. The van der Waals surface area contributed by atoms with Crippen molar-refractivity contribution in [1.82, 2.24) is 25.9 Å². The summed E-state index contributed by atoms with van der Waals surface area (Å²) in [5.41, 5.74) is 10.1. The van der Waals surface area contributed by atoms with Crippen molar-refractivity contribution in [2.45, 2.75) is 24.9 Å². The number of nitrogens with zero attached hydrogens (tertiary/aromatic N) is 4. The molecule has 8 heteroatoms. The first-order valence-corrected chi connectivity index (χ1v) is 9.50. The summed E-state index contributed by atoms with van der Waals surface area (Å²) in [6.07, 6.45) is 2.72. The first kappa shape index (κ1) is 18.4. The fraction of sp³-hybridized carbons (Fsp3) is 0.200. The number of amidine groups is 1. The van der Waals surface area contributed by atoms with Crippen LogP contribution in [0.3, 0.4) is 0 Å². The minimum atomic E-state index is 0.625. The van der Waals surface area contributed by atoms with Gasteiger partial charge in [-0.15, -0.1) is 23.3 Å². The average Bonchev–Trinajstić information content (AvgIpc) is 3.34. The van der Waals surface area contributed by atoms with Crippen molar-refractivity contribution in [3.05, 3.63) is 71.4 Å². The first-order chi connectivity index (χ1) is 13.7. The lowest BCUT2D eigenvalue weighted by Gasteiger charge is -2.19. The average molecular weight is 395 g/mol. The fourth-order valence-electron chi connectivity index (χ4n) is 3.18. The second-order valence-corrected chi connectivity index (χ2v) is 6.79. The molecular formula is C20H22N6OS. The number of rotatable bonds is 6. The van der Waals surface area contributed by atoms with Gasteiger partial charge in [-0.25, -0.2) is 10.2 Å². The molecule has 144 valence electrons. The third kappa shape index (κ3) is 3.44. The minimum absolute atomic E-state index is 0.625. The Morgan fingerprint density at radius 2 is 1.89 bits per heavy atom. The highest BCUT2D eigenvalue weighted by Crippen LogP contribution is 2.24. The molecule has 0 saturated carbocycles. The Balaban J connectivity index is 1.60. The highest BCUT2D eigenvalue weighted by atomic mass is 32.1. The maximum atomic E-state index is 5.22. The molecule has 0 spiro atoms. The Hall–Kier alpha value is -2.97. The highest BCUT2D eigenvalue weighted by Gasteiger charge is 2.24. The highest BCUT2D eigenvalue weighted by molar-refractivity contribution is 7.80. The number of thiol groups is 1. The molecule has 1 aliphatic heterocycles. The lowest BCUT2D eigenvalue weighted by Crippen LogP contribution is -2.40. The van der Waals surface area contributed by atoms with E-state index >= 15 is 0 Å². The van der Waals surface area contributed by atoms with Crippen LogP contribution >= 0.6 is 12.6 Å². The number of nitrogens with one attached hydrogen (secondary N) is 2. The predicted octanol–water partition coefficient (Wildman–Crippen LogP) is 2.92. The molecule has 2 N–H and O–H groups in total. The summed E-state index contributed by atoms with van der Waals surface area (Å²) in [5.74, 6) is 1.57. The Kier molecular flexibility index (Phi) is 5.23. The summed E-state index contributed by atoms with van der Waals surface area (Å²) in [6.45, 7) is 2.76. The smallest absolute Gasteiger partial charge is 0.177 e. The van der Waals surface area contributed by atoms with Crippen molar-refractivity contribution in [3.63, 3.8) is 0 Å². The quantitative estimate of drug-likeness (QED) is 0.561. The number of methoxy groups -OCH3 is 1. The molecule has 0 bridgehead atoms. The van der Waals surface area contributed by atoms with E-state index in [1.165, 1.54) is 5.56 Å². The van der Waals surface area contributed by atoms with Crippen molar-refractivity contribution in [2.24, 2.45) is 5.10 Å². The Morgan fingerprint density at radius 3 is 2.64 bits per heavy atom. The summed E-state index contributed by atoms with van der Waals surface area (Å²) in [6, 6.07) is 16.1. The number of hydrazone groups is 1. The molecule has 1 aliphatic rings. The van der Waals surface area contributed by atoms with Crippen LogP contribution in [-0.2, 0) is 13.0 Å². The van der Waals surface area contributed by atoms with Gasteiger partial charge < -0.3 is 4.74 Å². The lowest BCUT2D eigenvalue weighted by molar-refractivity contribution is 0.287. The van der Waals surface area contributed by atoms with E-state index in [1.54, 1.807) is 13.3 Å². The van der Waals surface area contributed by atoms with Crippen LogP contribution in [0, 0.1) is 0 Å². The molecule has 0 saturated heterocycles. The van der Waals surface area contributed by atoms with Crippen LogP contribution in [0.2, 0.25) is 0 Å². The van der Waals surface area contributed by atoms with E-state index < -0.39 is 0 Å². The molecule has 4 rings (SSSR count). The number of benzene rings is 2. The van der Waals surface area contributed by atoms with Crippen LogP contribution < -0.4 is 15.8 Å². The van der Waals surface area contributed by atoms with E-state index in [9.17, 15) is 0 Å². The SMILES string of the molecule is CCc1ccccc1-n1ncc(C2=NNNN2Cc2ccc(OC)cc2)c1S. The van der Waals surface area contributed by atoms with Gasteiger partial charge in [0.05, 0.1) is 31.1 Å². The van der Waals surface area contributed by atoms with Gasteiger partial charge in [0.1, 0.15) is 10.8 Å². The molecule has 7 nitrogen and oxygen atoms in total. The number of aryl methyl sites for hydroxylation is 1. The van der Waals surface area contributed by atoms with Crippen LogP contribution in [-0.4, -0.2) is 27.7 Å². The van der Waals surface area contributed by atoms with Crippen LogP contribution in [0.1, 0.15) is 23.6 Å². The summed E-state index contributed by atoms with van der Waals surface area (Å²) in [4.78, 5) is 0. The number of para-hydroxylation sites is 1. The molecule has 0 unspecified atom stereocenters. The molecule has 2 heterocycles. The Bertz CT molecular complexity index is 998. The first-order valence-electron chi connectivity index (χ1n) is 9.05. The Labute approximate surface area is 169 Å². The standard InChI is InChI=1S/C20H22N6OS/c1-3-15-6-4-5-7-18(15)26-20(28)17(12-21-26)19-22-23-24-25(19)13-14-8-10-16(27-2)11-9-14/h4-12,23-24,28H,3,13H2,1-2H3. The Morgan fingerprint density at radius 1 is 1.11 bits per heavy atom. The third-order valence-electron chi connectivity index (χ3n) is 4.69. The second-order valence-electron chi connectivity index (χ2n) is 6.37. The predicted molar refractivity (Wildman–Crippen MR) is 112 cm³/mol. The fourth-order valence-corrected chi connectivity index (χ4v) is 3.49. The molecule has 0 radical (unpaired) electrons. The normalized spacial score (nSPS) is 13.4. The molecular weight excluding hydrogens is 372 g/mol. The topological polar surface area (TPSA) is 66.7 Å². The second kappa shape index (κ2) is 7.95. The van der Waals surface area contributed by atoms with E-state index in [0.29, 0.717) is 6.54 Å². The number of hydrogen-bond acceptors (Lipinski definition) is 7. The van der Waals surface area contributed by atoms with Gasteiger partial charge in [-0.3, -0.25) is 5.01 Å². The van der Waals surface area contributed by atoms with Crippen LogP contribution in [0.4, 0.5) is 0 Å². The number of hydrazine groups is 2. The molecule has 28 heavy (non-hydrogen) atoms. The van der Waals surface area contributed by atoms with E-state index in [4.69, 9.17) is 17.4 Å². The summed E-state index contributed by atoms with van der Waals surface area (Å²) in [5, 5.41) is 11.6. The van der Waals surface area contributed by atoms with Crippen molar-refractivity contribution < 1.29 is 4.74 Å². The number of ether oxygens (including phenoxy) is 1. The van der Waals surface area contributed by atoms with Gasteiger partial charge in [0.25, 0.3) is 0 Å². The summed E-state index contributed by atoms with van der Waals surface area (Å²) < 4.78 is 7.07. The maximum Gasteiger partial charge on any atom is 0.177 e. The molecule has 2 aromatic carbocycles. The molecule has 3 aromatic rings. The monoisotopic (exact) mass is 394 g/mol. The van der Waals surface area contributed by atoms with Crippen LogP contribution in [0.5, 0.6) is 5.75 Å². The molecule has 1 aromatic heterocycles. The zero-order valence-electron chi connectivity index (χ0n) is 15.8. The van der Waals surface area contributed by atoms with Crippen LogP contribution in [0.15, 0.2) is 64.9 Å². The van der Waals surface area contributed by atoms with E-state index in [2.05, 4.69) is 40.3 Å². The van der Waals surface area contributed by atoms with Gasteiger partial charge in [0, 0.05) is 0 Å². The minimum Gasteiger partial charge on any atom is -0.497 e. The van der Waals surface area contributed by atoms with Gasteiger partial charge in [0.15, 0.2) is 5.84 Å². The van der Waals surface area contributed by atoms with E-state index in [-0.39, 0.29) is 0 Å². The summed E-state index contributed by atoms with van der Waals surface area (Å²) >= 11 is 4.75. The van der Waals surface area contributed by atoms with Gasteiger partial charge in [-0.1, -0.05) is 37.3 Å². The van der Waals surface area contributed by atoms with Crippen molar-refractivity contribution >= 4 is 18.5 Å². The number of hydrogen-bond donors (Lipinski definition) is 3. The van der Waals surface area contributed by atoms with Gasteiger partial charge in [-0.05, 0) is 35.7 Å². The zero-order valence-corrected chi connectivity index (χ0v) is 16.6. The molecule has 0 atom stereocenters. The zero-order chi connectivity index (χ0) is 19.5. The van der Waals surface area contributed by atoms with Gasteiger partial charge >= 0.3 is 0 Å². The van der Waals surface area contributed by atoms with Gasteiger partial charge in [0.2, 0.25) is 0 Å². The van der Waals surface area contributed by atoms with Crippen molar-refractivity contribution in [1.29, 1.82) is 0 Å². The van der Waals surface area contributed by atoms with Crippen LogP contribution in [0.25, 0.3) is 5.69 Å². The summed E-state index contributed by atoms with van der Waals surface area (Å²) in [7, 11) is 1.66. The van der Waals surface area contributed by atoms with Crippen molar-refractivity contribution in [3.8, 4) is 11.4 Å². The van der Waals surface area contributed by atoms with Crippen molar-refractivity contribution in [2.75, 3.05) is 7.11 Å². The van der Waals surface area contributed by atoms with E-state index in [0.717, 1.165) is 39.8 Å². The molecule has 0 amide bonds. The number of aromatic nitrogens is 2. The van der Waals surface area contributed by atoms with Gasteiger partial charge in [-0.2, -0.15) is 5.10 Å². The largest absolute Gasteiger partial charge is 0.497 e. The maximum absolute atomic E-state index is 5.22. The third-order valence-corrected chi connectivity index (χ3v) is 5.12. The van der Waals surface area contributed by atoms with E-state index in [1.807, 2.05) is 46.1 Å².